The van der Waals surface area contributed by atoms with Gasteiger partial charge in [-0.1, -0.05) is 30.3 Å². The van der Waals surface area contributed by atoms with Gasteiger partial charge < -0.3 is 10.4 Å². The summed E-state index contributed by atoms with van der Waals surface area (Å²) in [6, 6.07) is 9.92. The summed E-state index contributed by atoms with van der Waals surface area (Å²) in [5.41, 5.74) is 0.325. The van der Waals surface area contributed by atoms with Crippen molar-refractivity contribution in [2.24, 2.45) is 0 Å². The Morgan fingerprint density at radius 1 is 1.39 bits per heavy atom. The van der Waals surface area contributed by atoms with Crippen molar-refractivity contribution in [1.82, 2.24) is 5.32 Å². The summed E-state index contributed by atoms with van der Waals surface area (Å²) in [6.45, 7) is 2.04. The summed E-state index contributed by atoms with van der Waals surface area (Å²) in [6.07, 6.45) is 3.13. The summed E-state index contributed by atoms with van der Waals surface area (Å²) in [7, 11) is 0. The Morgan fingerprint density at radius 2 is 2.06 bits per heavy atom. The lowest BCUT2D eigenvalue weighted by molar-refractivity contribution is -0.122. The zero-order valence-corrected chi connectivity index (χ0v) is 11.8. The van der Waals surface area contributed by atoms with Gasteiger partial charge in [-0.15, -0.1) is 0 Å². The first-order valence-corrected chi connectivity index (χ1v) is 7.45. The molecule has 18 heavy (non-hydrogen) atoms. The van der Waals surface area contributed by atoms with Crippen LogP contribution in [-0.2, 0) is 11.2 Å². The fraction of sp³-hybridized carbons (Fsp3) is 0.500. The van der Waals surface area contributed by atoms with E-state index in [-0.39, 0.29) is 5.91 Å². The smallest absolute Gasteiger partial charge is 0.220 e. The van der Waals surface area contributed by atoms with E-state index in [4.69, 9.17) is 0 Å². The van der Waals surface area contributed by atoms with E-state index < -0.39 is 5.60 Å². The van der Waals surface area contributed by atoms with Crippen molar-refractivity contribution in [3.63, 3.8) is 0 Å². The molecule has 1 aromatic carbocycles. The highest BCUT2D eigenvalue weighted by atomic mass is 32.2. The molecule has 0 bridgehead atoms. The third-order valence-corrected chi connectivity index (χ3v) is 3.52. The lowest BCUT2D eigenvalue weighted by Gasteiger charge is -2.22. The van der Waals surface area contributed by atoms with Crippen molar-refractivity contribution >= 4 is 17.7 Å². The number of benzene rings is 1. The molecule has 0 aliphatic carbocycles. The van der Waals surface area contributed by atoms with Crippen molar-refractivity contribution in [2.45, 2.75) is 25.4 Å². The molecule has 1 rings (SSSR count). The molecule has 0 heterocycles. The Hall–Kier alpha value is -1.00. The third kappa shape index (κ3) is 6.07. The van der Waals surface area contributed by atoms with E-state index >= 15 is 0 Å². The van der Waals surface area contributed by atoms with Gasteiger partial charge in [0.25, 0.3) is 0 Å². The number of rotatable bonds is 7. The molecule has 0 aromatic heterocycles. The highest BCUT2D eigenvalue weighted by Gasteiger charge is 2.20. The number of carbonyl (C=O) groups is 1. The van der Waals surface area contributed by atoms with E-state index in [1.165, 1.54) is 0 Å². The first kappa shape index (κ1) is 15.1. The molecule has 2 N–H and O–H groups in total. The lowest BCUT2D eigenvalue weighted by Crippen LogP contribution is -2.42. The maximum absolute atomic E-state index is 11.6. The van der Waals surface area contributed by atoms with Gasteiger partial charge in [0.1, 0.15) is 0 Å². The first-order valence-electron chi connectivity index (χ1n) is 6.05. The van der Waals surface area contributed by atoms with Crippen molar-refractivity contribution in [3.05, 3.63) is 35.9 Å². The summed E-state index contributed by atoms with van der Waals surface area (Å²) in [4.78, 5) is 11.6. The predicted octanol–water partition coefficient (Wildman–Crippen LogP) is 1.85. The van der Waals surface area contributed by atoms with Crippen LogP contribution in [0.2, 0.25) is 0 Å². The molecule has 1 unspecified atom stereocenters. The zero-order chi connectivity index (χ0) is 13.4. The number of hydrogen-bond donors (Lipinski definition) is 2. The minimum absolute atomic E-state index is 0.0137. The van der Waals surface area contributed by atoms with Crippen molar-refractivity contribution in [3.8, 4) is 0 Å². The minimum Gasteiger partial charge on any atom is -0.387 e. The van der Waals surface area contributed by atoms with Crippen LogP contribution >= 0.6 is 11.8 Å². The van der Waals surface area contributed by atoms with Gasteiger partial charge in [0, 0.05) is 18.7 Å². The fourth-order valence-corrected chi connectivity index (χ4v) is 2.37. The molecule has 1 amide bonds. The highest BCUT2D eigenvalue weighted by molar-refractivity contribution is 7.98. The van der Waals surface area contributed by atoms with Crippen molar-refractivity contribution in [2.75, 3.05) is 18.6 Å². The van der Waals surface area contributed by atoms with Crippen LogP contribution in [0.3, 0.4) is 0 Å². The SMILES string of the molecule is CSCC(C)(O)CNC(=O)CCc1ccccc1. The monoisotopic (exact) mass is 267 g/mol. The Bertz CT molecular complexity index is 365. The molecular formula is C14H21NO2S. The largest absolute Gasteiger partial charge is 0.387 e. The summed E-state index contributed by atoms with van der Waals surface area (Å²) in [5, 5.41) is 12.7. The van der Waals surface area contributed by atoms with Crippen LogP contribution in [0.1, 0.15) is 18.9 Å². The maximum atomic E-state index is 11.6. The van der Waals surface area contributed by atoms with Gasteiger partial charge in [0.15, 0.2) is 0 Å². The number of hydrogen-bond acceptors (Lipinski definition) is 3. The van der Waals surface area contributed by atoms with Crippen LogP contribution in [0.25, 0.3) is 0 Å². The van der Waals surface area contributed by atoms with Gasteiger partial charge in [-0.3, -0.25) is 4.79 Å². The number of amides is 1. The standard InChI is InChI=1S/C14H21NO2S/c1-14(17,11-18-2)10-15-13(16)9-8-12-6-4-3-5-7-12/h3-7,17H,8-11H2,1-2H3,(H,15,16). The molecule has 0 aliphatic rings. The molecule has 0 spiro atoms. The number of thioether (sulfide) groups is 1. The van der Waals surface area contributed by atoms with Gasteiger partial charge in [-0.2, -0.15) is 11.8 Å². The first-order chi connectivity index (χ1) is 8.53. The molecule has 100 valence electrons. The van der Waals surface area contributed by atoms with Crippen LogP contribution in [0, 0.1) is 0 Å². The number of aliphatic hydroxyl groups is 1. The lowest BCUT2D eigenvalue weighted by atomic mass is 10.1. The minimum atomic E-state index is -0.832. The molecule has 1 aromatic rings. The van der Waals surface area contributed by atoms with Crippen LogP contribution in [0.15, 0.2) is 30.3 Å². The van der Waals surface area contributed by atoms with Crippen molar-refractivity contribution < 1.29 is 9.90 Å². The third-order valence-electron chi connectivity index (χ3n) is 2.61. The number of aryl methyl sites for hydroxylation is 1. The predicted molar refractivity (Wildman–Crippen MR) is 76.8 cm³/mol. The number of carbonyl (C=O) groups excluding carboxylic acids is 1. The molecular weight excluding hydrogens is 246 g/mol. The number of nitrogens with one attached hydrogen (secondary N) is 1. The van der Waals surface area contributed by atoms with Gasteiger partial charge >= 0.3 is 0 Å². The van der Waals surface area contributed by atoms with Crippen LogP contribution in [0.4, 0.5) is 0 Å². The average Bonchev–Trinajstić information content (AvgIpc) is 2.35. The summed E-state index contributed by atoms with van der Waals surface area (Å²) < 4.78 is 0. The average molecular weight is 267 g/mol. The van der Waals surface area contributed by atoms with E-state index in [1.54, 1.807) is 18.7 Å². The Morgan fingerprint density at radius 3 is 2.67 bits per heavy atom. The quantitative estimate of drug-likeness (QED) is 0.792. The van der Waals surface area contributed by atoms with Crippen LogP contribution in [-0.4, -0.2) is 35.2 Å². The van der Waals surface area contributed by atoms with E-state index in [1.807, 2.05) is 36.6 Å². The second kappa shape index (κ2) is 7.44. The summed E-state index contributed by atoms with van der Waals surface area (Å²) in [5.74, 6) is 0.603. The molecule has 3 nitrogen and oxygen atoms in total. The van der Waals surface area contributed by atoms with Gasteiger partial charge in [0.2, 0.25) is 5.91 Å². The molecule has 0 saturated heterocycles. The van der Waals surface area contributed by atoms with Crippen molar-refractivity contribution in [1.29, 1.82) is 0 Å². The molecule has 0 aliphatic heterocycles. The van der Waals surface area contributed by atoms with Crippen LogP contribution < -0.4 is 5.32 Å². The second-order valence-electron chi connectivity index (χ2n) is 4.69. The Labute approximate surface area is 113 Å². The van der Waals surface area contributed by atoms with Gasteiger partial charge in [-0.05, 0) is 25.2 Å². The van der Waals surface area contributed by atoms with E-state index in [2.05, 4.69) is 5.32 Å². The van der Waals surface area contributed by atoms with E-state index in [0.717, 1.165) is 12.0 Å². The van der Waals surface area contributed by atoms with E-state index in [9.17, 15) is 9.90 Å². The zero-order valence-electron chi connectivity index (χ0n) is 11.0. The molecule has 0 saturated carbocycles. The summed E-state index contributed by atoms with van der Waals surface area (Å²) >= 11 is 1.57. The topological polar surface area (TPSA) is 49.3 Å². The van der Waals surface area contributed by atoms with Crippen LogP contribution in [0.5, 0.6) is 0 Å². The maximum Gasteiger partial charge on any atom is 0.220 e. The Balaban J connectivity index is 2.26. The molecule has 0 fully saturated rings. The normalized spacial score (nSPS) is 13.9. The van der Waals surface area contributed by atoms with Gasteiger partial charge in [0.05, 0.1) is 5.60 Å². The molecule has 0 radical (unpaired) electrons. The highest BCUT2D eigenvalue weighted by Crippen LogP contribution is 2.09. The molecule has 1 atom stereocenters. The second-order valence-corrected chi connectivity index (χ2v) is 5.56. The van der Waals surface area contributed by atoms with E-state index in [0.29, 0.717) is 18.7 Å². The van der Waals surface area contributed by atoms with Gasteiger partial charge in [-0.25, -0.2) is 0 Å². The fourth-order valence-electron chi connectivity index (χ4n) is 1.64. The Kier molecular flexibility index (Phi) is 6.22. The molecule has 4 heteroatoms.